The highest BCUT2D eigenvalue weighted by Crippen LogP contribution is 2.27. The first-order chi connectivity index (χ1) is 8.54. The second-order valence-electron chi connectivity index (χ2n) is 3.83. The molecule has 1 heterocycles. The van der Waals surface area contributed by atoms with Gasteiger partial charge in [0.2, 0.25) is 0 Å². The summed E-state index contributed by atoms with van der Waals surface area (Å²) < 4.78 is 0. The van der Waals surface area contributed by atoms with Crippen molar-refractivity contribution >= 4 is 17.7 Å². The first-order valence-electron chi connectivity index (χ1n) is 5.38. The third-order valence-corrected chi connectivity index (χ3v) is 3.15. The van der Waals surface area contributed by atoms with Gasteiger partial charge in [-0.2, -0.15) is 0 Å². The number of hydrogen-bond acceptors (Lipinski definition) is 4. The Bertz CT molecular complexity index is 579. The molecular formula is C13H12N2O2S. The zero-order chi connectivity index (χ0) is 13.1. The summed E-state index contributed by atoms with van der Waals surface area (Å²) in [5.74, 6) is -0.209. The molecule has 0 aliphatic carbocycles. The summed E-state index contributed by atoms with van der Waals surface area (Å²) in [6.07, 6.45) is 0. The summed E-state index contributed by atoms with van der Waals surface area (Å²) in [7, 11) is 0. The molecule has 0 aliphatic heterocycles. The minimum Gasteiger partial charge on any atom is -0.478 e. The van der Waals surface area contributed by atoms with E-state index in [0.717, 1.165) is 15.6 Å². The number of rotatable bonds is 3. The maximum atomic E-state index is 10.9. The number of aromatic nitrogens is 2. The van der Waals surface area contributed by atoms with Crippen molar-refractivity contribution in [2.45, 2.75) is 23.8 Å². The maximum Gasteiger partial charge on any atom is 0.335 e. The Labute approximate surface area is 109 Å². The molecule has 4 nitrogen and oxygen atoms in total. The minimum absolute atomic E-state index is 0.280. The molecule has 0 atom stereocenters. The van der Waals surface area contributed by atoms with Gasteiger partial charge in [0.25, 0.3) is 0 Å². The maximum absolute atomic E-state index is 10.9. The molecule has 0 amide bonds. The Morgan fingerprint density at radius 1 is 1.22 bits per heavy atom. The average Bonchev–Trinajstić information content (AvgIpc) is 2.27. The second kappa shape index (κ2) is 5.18. The van der Waals surface area contributed by atoms with Gasteiger partial charge in [0.1, 0.15) is 10.9 Å². The first kappa shape index (κ1) is 12.6. The highest BCUT2D eigenvalue weighted by Gasteiger charge is 2.06. The van der Waals surface area contributed by atoms with Gasteiger partial charge in [-0.1, -0.05) is 17.8 Å². The SMILES string of the molecule is Cc1cc(Sc2cccc(C(=O)O)c2)nc(C)n1. The lowest BCUT2D eigenvalue weighted by Gasteiger charge is -2.04. The zero-order valence-electron chi connectivity index (χ0n) is 10.0. The molecular weight excluding hydrogens is 248 g/mol. The second-order valence-corrected chi connectivity index (χ2v) is 4.92. The van der Waals surface area contributed by atoms with Crippen LogP contribution in [-0.2, 0) is 0 Å². The fraction of sp³-hybridized carbons (Fsp3) is 0.154. The van der Waals surface area contributed by atoms with E-state index in [1.54, 1.807) is 18.2 Å². The van der Waals surface area contributed by atoms with Crippen molar-refractivity contribution in [3.8, 4) is 0 Å². The topological polar surface area (TPSA) is 63.1 Å². The van der Waals surface area contributed by atoms with Gasteiger partial charge >= 0.3 is 5.97 Å². The molecule has 2 aromatic rings. The van der Waals surface area contributed by atoms with Gasteiger partial charge in [0.05, 0.1) is 5.56 Å². The number of aromatic carboxylic acids is 1. The number of aryl methyl sites for hydroxylation is 2. The van der Waals surface area contributed by atoms with E-state index in [1.165, 1.54) is 11.8 Å². The summed E-state index contributed by atoms with van der Waals surface area (Å²) in [4.78, 5) is 20.2. The molecule has 0 aliphatic rings. The van der Waals surface area contributed by atoms with Gasteiger partial charge in [0.15, 0.2) is 0 Å². The summed E-state index contributed by atoms with van der Waals surface area (Å²) in [6.45, 7) is 3.75. The Morgan fingerprint density at radius 3 is 2.67 bits per heavy atom. The van der Waals surface area contributed by atoms with Crippen molar-refractivity contribution in [3.63, 3.8) is 0 Å². The molecule has 92 valence electrons. The van der Waals surface area contributed by atoms with Gasteiger partial charge in [-0.05, 0) is 38.1 Å². The van der Waals surface area contributed by atoms with E-state index in [-0.39, 0.29) is 5.56 Å². The van der Waals surface area contributed by atoms with Crippen LogP contribution in [0, 0.1) is 13.8 Å². The summed E-state index contributed by atoms with van der Waals surface area (Å²) in [5.41, 5.74) is 1.18. The number of nitrogens with zero attached hydrogens (tertiary/aromatic N) is 2. The first-order valence-corrected chi connectivity index (χ1v) is 6.20. The van der Waals surface area contributed by atoms with Gasteiger partial charge in [-0.25, -0.2) is 14.8 Å². The molecule has 18 heavy (non-hydrogen) atoms. The van der Waals surface area contributed by atoms with Crippen molar-refractivity contribution in [2.24, 2.45) is 0 Å². The number of carbonyl (C=O) groups is 1. The van der Waals surface area contributed by atoms with Gasteiger partial charge in [0, 0.05) is 10.6 Å². The van der Waals surface area contributed by atoms with Crippen molar-refractivity contribution < 1.29 is 9.90 Å². The normalized spacial score (nSPS) is 10.3. The summed E-state index contributed by atoms with van der Waals surface area (Å²) in [5, 5.41) is 9.75. The molecule has 0 saturated heterocycles. The van der Waals surface area contributed by atoms with Crippen LogP contribution < -0.4 is 0 Å². The van der Waals surface area contributed by atoms with Crippen LogP contribution in [0.5, 0.6) is 0 Å². The molecule has 0 radical (unpaired) electrons. The summed E-state index contributed by atoms with van der Waals surface area (Å²) in [6, 6.07) is 8.68. The van der Waals surface area contributed by atoms with Gasteiger partial charge < -0.3 is 5.11 Å². The van der Waals surface area contributed by atoms with E-state index in [0.29, 0.717) is 5.82 Å². The number of carboxylic acid groups (broad SMARTS) is 1. The highest BCUT2D eigenvalue weighted by molar-refractivity contribution is 7.99. The molecule has 0 fully saturated rings. The molecule has 0 bridgehead atoms. The Balaban J connectivity index is 2.28. The predicted octanol–water partition coefficient (Wildman–Crippen LogP) is 2.94. The number of carboxylic acids is 1. The van der Waals surface area contributed by atoms with Crippen LogP contribution in [0.1, 0.15) is 21.9 Å². The van der Waals surface area contributed by atoms with Crippen molar-refractivity contribution in [2.75, 3.05) is 0 Å². The quantitative estimate of drug-likeness (QED) is 0.860. The largest absolute Gasteiger partial charge is 0.478 e. The van der Waals surface area contributed by atoms with Crippen LogP contribution >= 0.6 is 11.8 Å². The van der Waals surface area contributed by atoms with E-state index < -0.39 is 5.97 Å². The Morgan fingerprint density at radius 2 is 2.00 bits per heavy atom. The van der Waals surface area contributed by atoms with E-state index >= 15 is 0 Å². The number of benzene rings is 1. The Hall–Kier alpha value is -1.88. The van der Waals surface area contributed by atoms with E-state index in [1.807, 2.05) is 26.0 Å². The predicted molar refractivity (Wildman–Crippen MR) is 69.0 cm³/mol. The van der Waals surface area contributed by atoms with Crippen LogP contribution in [0.25, 0.3) is 0 Å². The molecule has 1 aromatic carbocycles. The van der Waals surface area contributed by atoms with E-state index in [2.05, 4.69) is 9.97 Å². The lowest BCUT2D eigenvalue weighted by atomic mass is 10.2. The third-order valence-electron chi connectivity index (χ3n) is 2.25. The van der Waals surface area contributed by atoms with Crippen LogP contribution in [0.4, 0.5) is 0 Å². The molecule has 0 spiro atoms. The minimum atomic E-state index is -0.924. The molecule has 1 aromatic heterocycles. The molecule has 2 rings (SSSR count). The van der Waals surface area contributed by atoms with E-state index in [9.17, 15) is 4.79 Å². The van der Waals surface area contributed by atoms with Crippen molar-refractivity contribution in [1.82, 2.24) is 9.97 Å². The standard InChI is InChI=1S/C13H12N2O2S/c1-8-6-12(15-9(2)14-8)18-11-5-3-4-10(7-11)13(16)17/h3-7H,1-2H3,(H,16,17). The van der Waals surface area contributed by atoms with Crippen molar-refractivity contribution in [3.05, 3.63) is 47.4 Å². The van der Waals surface area contributed by atoms with Crippen LogP contribution in [0.2, 0.25) is 0 Å². The van der Waals surface area contributed by atoms with Crippen molar-refractivity contribution in [1.29, 1.82) is 0 Å². The highest BCUT2D eigenvalue weighted by atomic mass is 32.2. The smallest absolute Gasteiger partial charge is 0.335 e. The monoisotopic (exact) mass is 260 g/mol. The summed E-state index contributed by atoms with van der Waals surface area (Å²) >= 11 is 1.43. The average molecular weight is 260 g/mol. The van der Waals surface area contributed by atoms with Gasteiger partial charge in [-0.3, -0.25) is 0 Å². The molecule has 5 heteroatoms. The number of hydrogen-bond donors (Lipinski definition) is 1. The Kier molecular flexibility index (Phi) is 3.62. The molecule has 0 unspecified atom stereocenters. The lowest BCUT2D eigenvalue weighted by molar-refractivity contribution is 0.0696. The fourth-order valence-electron chi connectivity index (χ4n) is 1.55. The van der Waals surface area contributed by atoms with E-state index in [4.69, 9.17) is 5.11 Å². The molecule has 1 N–H and O–H groups in total. The molecule has 0 saturated carbocycles. The fourth-order valence-corrected chi connectivity index (χ4v) is 2.53. The third kappa shape index (κ3) is 3.07. The van der Waals surface area contributed by atoms with Crippen LogP contribution in [0.3, 0.4) is 0 Å². The van der Waals surface area contributed by atoms with Crippen LogP contribution in [0.15, 0.2) is 40.3 Å². The zero-order valence-corrected chi connectivity index (χ0v) is 10.9. The van der Waals surface area contributed by atoms with Crippen LogP contribution in [-0.4, -0.2) is 21.0 Å². The lowest BCUT2D eigenvalue weighted by Crippen LogP contribution is -1.96. The van der Waals surface area contributed by atoms with Gasteiger partial charge in [-0.15, -0.1) is 0 Å².